The molecular weight excluding hydrogens is 342 g/mol. The predicted molar refractivity (Wildman–Crippen MR) is 119 cm³/mol. The standard InChI is InChI=1S/C25H27N3/c1-3-26-24(15-18(2)20-13-14-20)28-25-23-12-8-7-11-21(23)17-22(27-25)16-19-9-5-4-6-10-19/h4-12,15,17,20H,3,13-14,16H2,1-2H3,(H,26,27,28)/b18-15+. The molecule has 0 atom stereocenters. The molecule has 28 heavy (non-hydrogen) atoms. The van der Waals surface area contributed by atoms with Crippen molar-refractivity contribution < 1.29 is 0 Å². The fourth-order valence-electron chi connectivity index (χ4n) is 3.53. The molecule has 0 unspecified atom stereocenters. The van der Waals surface area contributed by atoms with Crippen molar-refractivity contribution in [2.45, 2.75) is 33.1 Å². The van der Waals surface area contributed by atoms with Crippen molar-refractivity contribution in [1.82, 2.24) is 4.98 Å². The van der Waals surface area contributed by atoms with Gasteiger partial charge < -0.3 is 5.32 Å². The molecule has 1 fully saturated rings. The normalized spacial score (nSPS) is 15.1. The van der Waals surface area contributed by atoms with Gasteiger partial charge in [-0.1, -0.05) is 60.2 Å². The molecule has 0 aliphatic heterocycles. The molecule has 0 spiro atoms. The van der Waals surface area contributed by atoms with Gasteiger partial charge in [0.1, 0.15) is 11.7 Å². The third-order valence-electron chi connectivity index (χ3n) is 5.18. The SMILES string of the molecule is CCN=C(/C=C(\C)C1CC1)Nc1nc(Cc2ccccc2)cc2ccccc12. The van der Waals surface area contributed by atoms with E-state index in [0.29, 0.717) is 0 Å². The molecule has 1 aliphatic carbocycles. The highest BCUT2D eigenvalue weighted by atomic mass is 15.1. The number of amidine groups is 1. The van der Waals surface area contributed by atoms with Gasteiger partial charge in [0, 0.05) is 24.0 Å². The number of pyridine rings is 1. The van der Waals surface area contributed by atoms with Crippen LogP contribution >= 0.6 is 0 Å². The number of hydrogen-bond donors (Lipinski definition) is 1. The van der Waals surface area contributed by atoms with Crippen molar-refractivity contribution in [2.75, 3.05) is 11.9 Å². The maximum atomic E-state index is 4.96. The number of aliphatic imine (C=N–C) groups is 1. The van der Waals surface area contributed by atoms with E-state index >= 15 is 0 Å². The van der Waals surface area contributed by atoms with Crippen molar-refractivity contribution in [3.05, 3.63) is 83.6 Å². The summed E-state index contributed by atoms with van der Waals surface area (Å²) in [6.07, 6.45) is 5.62. The van der Waals surface area contributed by atoms with Gasteiger partial charge in [-0.25, -0.2) is 4.98 Å². The Morgan fingerprint density at radius 1 is 1.11 bits per heavy atom. The lowest BCUT2D eigenvalue weighted by Crippen LogP contribution is -2.13. The molecule has 142 valence electrons. The first-order valence-electron chi connectivity index (χ1n) is 10.1. The topological polar surface area (TPSA) is 37.3 Å². The van der Waals surface area contributed by atoms with Gasteiger partial charge in [-0.15, -0.1) is 0 Å². The van der Waals surface area contributed by atoms with Crippen molar-refractivity contribution in [2.24, 2.45) is 10.9 Å². The van der Waals surface area contributed by atoms with E-state index in [2.05, 4.69) is 84.8 Å². The summed E-state index contributed by atoms with van der Waals surface area (Å²) in [5.74, 6) is 2.52. The third-order valence-corrected chi connectivity index (χ3v) is 5.18. The number of rotatable bonds is 6. The highest BCUT2D eigenvalue weighted by molar-refractivity contribution is 6.08. The Balaban J connectivity index is 1.69. The summed E-state index contributed by atoms with van der Waals surface area (Å²) < 4.78 is 0. The lowest BCUT2D eigenvalue weighted by atomic mass is 10.1. The van der Waals surface area contributed by atoms with Gasteiger partial charge in [-0.2, -0.15) is 0 Å². The van der Waals surface area contributed by atoms with Crippen LogP contribution in [0.25, 0.3) is 10.8 Å². The van der Waals surface area contributed by atoms with Crippen LogP contribution in [0.1, 0.15) is 37.9 Å². The van der Waals surface area contributed by atoms with Crippen LogP contribution < -0.4 is 5.32 Å². The average Bonchev–Trinajstić information content (AvgIpc) is 3.54. The highest BCUT2D eigenvalue weighted by Gasteiger charge is 2.23. The highest BCUT2D eigenvalue weighted by Crippen LogP contribution is 2.36. The molecule has 1 aromatic heterocycles. The first-order valence-corrected chi connectivity index (χ1v) is 10.1. The molecule has 1 aliphatic rings. The summed E-state index contributed by atoms with van der Waals surface area (Å²) in [5.41, 5.74) is 3.73. The van der Waals surface area contributed by atoms with Crippen LogP contribution in [0.4, 0.5) is 5.82 Å². The fraction of sp³-hybridized carbons (Fsp3) is 0.280. The van der Waals surface area contributed by atoms with Gasteiger partial charge in [0.25, 0.3) is 0 Å². The zero-order chi connectivity index (χ0) is 19.3. The minimum absolute atomic E-state index is 0.734. The monoisotopic (exact) mass is 369 g/mol. The molecule has 3 aromatic rings. The Morgan fingerprint density at radius 2 is 1.86 bits per heavy atom. The van der Waals surface area contributed by atoms with E-state index in [1.807, 2.05) is 6.07 Å². The maximum Gasteiger partial charge on any atom is 0.139 e. The molecule has 1 saturated carbocycles. The largest absolute Gasteiger partial charge is 0.325 e. The fourth-order valence-corrected chi connectivity index (χ4v) is 3.53. The molecule has 4 rings (SSSR count). The summed E-state index contributed by atoms with van der Waals surface area (Å²) in [6, 6.07) is 21.1. The second-order valence-electron chi connectivity index (χ2n) is 7.49. The predicted octanol–water partition coefficient (Wildman–Crippen LogP) is 6.01. The van der Waals surface area contributed by atoms with Crippen LogP contribution in [-0.2, 0) is 6.42 Å². The number of hydrogen-bond acceptors (Lipinski definition) is 2. The molecule has 1 N–H and O–H groups in total. The number of nitrogens with zero attached hydrogens (tertiary/aromatic N) is 2. The molecule has 0 amide bonds. The smallest absolute Gasteiger partial charge is 0.139 e. The second kappa shape index (κ2) is 8.39. The second-order valence-corrected chi connectivity index (χ2v) is 7.49. The van der Waals surface area contributed by atoms with Gasteiger partial charge in [0.05, 0.1) is 0 Å². The average molecular weight is 370 g/mol. The van der Waals surface area contributed by atoms with Crippen LogP contribution in [0.2, 0.25) is 0 Å². The Kier molecular flexibility index (Phi) is 5.52. The van der Waals surface area contributed by atoms with E-state index in [0.717, 1.165) is 41.6 Å². The van der Waals surface area contributed by atoms with E-state index < -0.39 is 0 Å². The van der Waals surface area contributed by atoms with E-state index in [4.69, 9.17) is 4.98 Å². The summed E-state index contributed by atoms with van der Waals surface area (Å²) in [6.45, 7) is 5.03. The lowest BCUT2D eigenvalue weighted by Gasteiger charge is -2.13. The lowest BCUT2D eigenvalue weighted by molar-refractivity contribution is 1.01. The van der Waals surface area contributed by atoms with E-state index in [-0.39, 0.29) is 0 Å². The van der Waals surface area contributed by atoms with E-state index in [1.165, 1.54) is 29.4 Å². The molecule has 0 saturated heterocycles. The summed E-state index contributed by atoms with van der Waals surface area (Å²) >= 11 is 0. The van der Waals surface area contributed by atoms with Gasteiger partial charge in [0.15, 0.2) is 0 Å². The van der Waals surface area contributed by atoms with Crippen molar-refractivity contribution >= 4 is 22.4 Å². The van der Waals surface area contributed by atoms with Gasteiger partial charge >= 0.3 is 0 Å². The van der Waals surface area contributed by atoms with Gasteiger partial charge in [0.2, 0.25) is 0 Å². The Hall–Kier alpha value is -2.94. The zero-order valence-corrected chi connectivity index (χ0v) is 16.7. The molecular formula is C25H27N3. The number of aromatic nitrogens is 1. The van der Waals surface area contributed by atoms with Crippen LogP contribution in [0.15, 0.2) is 77.3 Å². The van der Waals surface area contributed by atoms with Crippen LogP contribution in [0.5, 0.6) is 0 Å². The summed E-state index contributed by atoms with van der Waals surface area (Å²) in [5, 5.41) is 5.85. The molecule has 3 heteroatoms. The third kappa shape index (κ3) is 4.48. The van der Waals surface area contributed by atoms with E-state index in [1.54, 1.807) is 0 Å². The van der Waals surface area contributed by atoms with Crippen LogP contribution in [0, 0.1) is 5.92 Å². The number of nitrogens with one attached hydrogen (secondary N) is 1. The Morgan fingerprint density at radius 3 is 2.61 bits per heavy atom. The van der Waals surface area contributed by atoms with Gasteiger partial charge in [-0.05, 0) is 55.7 Å². The molecule has 0 bridgehead atoms. The summed E-state index contributed by atoms with van der Waals surface area (Å²) in [7, 11) is 0. The summed E-state index contributed by atoms with van der Waals surface area (Å²) in [4.78, 5) is 9.64. The number of fused-ring (bicyclic) bond motifs is 1. The van der Waals surface area contributed by atoms with Crippen LogP contribution in [-0.4, -0.2) is 17.4 Å². The van der Waals surface area contributed by atoms with Crippen molar-refractivity contribution in [1.29, 1.82) is 0 Å². The first-order chi connectivity index (χ1) is 13.7. The number of benzene rings is 2. The molecule has 2 aromatic carbocycles. The zero-order valence-electron chi connectivity index (χ0n) is 16.7. The molecule has 3 nitrogen and oxygen atoms in total. The Bertz CT molecular complexity index is 1010. The van der Waals surface area contributed by atoms with Crippen molar-refractivity contribution in [3.8, 4) is 0 Å². The molecule has 0 radical (unpaired) electrons. The van der Waals surface area contributed by atoms with Crippen molar-refractivity contribution in [3.63, 3.8) is 0 Å². The minimum atomic E-state index is 0.734. The first kappa shape index (κ1) is 18.4. The van der Waals surface area contributed by atoms with Gasteiger partial charge in [-0.3, -0.25) is 4.99 Å². The quantitative estimate of drug-likeness (QED) is 0.426. The minimum Gasteiger partial charge on any atom is -0.325 e. The number of anilines is 1. The van der Waals surface area contributed by atoms with E-state index in [9.17, 15) is 0 Å². The Labute approximate surface area is 167 Å². The van der Waals surface area contributed by atoms with Crippen LogP contribution in [0.3, 0.4) is 0 Å². The maximum absolute atomic E-state index is 4.96. The number of allylic oxidation sites excluding steroid dienone is 1. The molecule has 1 heterocycles.